The molecular weight excluding hydrogens is 240 g/mol. The van der Waals surface area contributed by atoms with Crippen LogP contribution in [0, 0.1) is 0 Å². The molecule has 0 spiro atoms. The topological polar surface area (TPSA) is 59.0 Å². The quantitative estimate of drug-likeness (QED) is 0.669. The van der Waals surface area contributed by atoms with Gasteiger partial charge in [0.1, 0.15) is 12.4 Å². The molecule has 1 amide bonds. The van der Waals surface area contributed by atoms with Gasteiger partial charge in [-0.25, -0.2) is 4.98 Å². The smallest absolute Gasteiger partial charge is 0.240 e. The zero-order chi connectivity index (χ0) is 14.1. The Hall–Kier alpha value is -1.36. The lowest BCUT2D eigenvalue weighted by atomic mass is 10.2. The minimum atomic E-state index is 0.0587. The van der Waals surface area contributed by atoms with Crippen molar-refractivity contribution in [2.24, 2.45) is 0 Å². The first-order valence-electron chi connectivity index (χ1n) is 7.21. The van der Waals surface area contributed by atoms with Crippen LogP contribution in [0.2, 0.25) is 0 Å². The second kappa shape index (κ2) is 8.69. The zero-order valence-corrected chi connectivity index (χ0v) is 12.3. The van der Waals surface area contributed by atoms with Crippen LogP contribution < -0.4 is 10.6 Å². The third kappa shape index (κ3) is 5.42. The molecule has 5 heteroatoms. The van der Waals surface area contributed by atoms with Crippen molar-refractivity contribution < 1.29 is 4.79 Å². The molecule has 0 atom stereocenters. The molecule has 0 fully saturated rings. The largest absolute Gasteiger partial charge is 0.352 e. The molecule has 0 radical (unpaired) electrons. The van der Waals surface area contributed by atoms with E-state index in [9.17, 15) is 4.79 Å². The second-order valence-corrected chi connectivity index (χ2v) is 4.73. The summed E-state index contributed by atoms with van der Waals surface area (Å²) in [5.74, 6) is 0.969. The van der Waals surface area contributed by atoms with Crippen LogP contribution >= 0.6 is 0 Å². The summed E-state index contributed by atoms with van der Waals surface area (Å²) >= 11 is 0. The normalized spacial score (nSPS) is 10.9. The lowest BCUT2D eigenvalue weighted by Gasteiger charge is -2.15. The Morgan fingerprint density at radius 3 is 2.74 bits per heavy atom. The minimum Gasteiger partial charge on any atom is -0.352 e. The molecule has 1 heterocycles. The molecule has 0 unspecified atom stereocenters. The highest BCUT2D eigenvalue weighted by atomic mass is 16.2. The van der Waals surface area contributed by atoms with Gasteiger partial charge in [-0.2, -0.15) is 0 Å². The van der Waals surface area contributed by atoms with Crippen LogP contribution in [0.4, 0.5) is 0 Å². The van der Waals surface area contributed by atoms with Crippen LogP contribution in [0.15, 0.2) is 12.4 Å². The Bertz CT molecular complexity index is 371. The average Bonchev–Trinajstić information content (AvgIpc) is 2.83. The molecule has 0 aliphatic heterocycles. The van der Waals surface area contributed by atoms with Gasteiger partial charge in [-0.15, -0.1) is 0 Å². The Morgan fingerprint density at radius 1 is 1.37 bits per heavy atom. The molecule has 0 aromatic carbocycles. The predicted molar refractivity (Wildman–Crippen MR) is 76.7 cm³/mol. The summed E-state index contributed by atoms with van der Waals surface area (Å²) in [6, 6.07) is 0.276. The first-order valence-corrected chi connectivity index (χ1v) is 7.21. The minimum absolute atomic E-state index is 0.0587. The molecule has 1 rings (SSSR count). The number of nitrogens with zero attached hydrogens (tertiary/aromatic N) is 2. The van der Waals surface area contributed by atoms with Gasteiger partial charge in [0.2, 0.25) is 5.91 Å². The fourth-order valence-corrected chi connectivity index (χ4v) is 1.95. The molecule has 19 heavy (non-hydrogen) atoms. The molecule has 0 bridgehead atoms. The van der Waals surface area contributed by atoms with Gasteiger partial charge in [-0.3, -0.25) is 4.79 Å². The Labute approximate surface area is 115 Å². The van der Waals surface area contributed by atoms with E-state index < -0.39 is 0 Å². The van der Waals surface area contributed by atoms with E-state index in [4.69, 9.17) is 0 Å². The number of rotatable bonds is 9. The van der Waals surface area contributed by atoms with Crippen molar-refractivity contribution in [2.75, 3.05) is 6.54 Å². The van der Waals surface area contributed by atoms with Gasteiger partial charge in [0.05, 0.1) is 6.54 Å². The fraction of sp³-hybridized carbons (Fsp3) is 0.714. The Balaban J connectivity index is 2.47. The van der Waals surface area contributed by atoms with Crippen LogP contribution in [0.5, 0.6) is 0 Å². The Kier molecular flexibility index (Phi) is 7.18. The number of hydrogen-bond acceptors (Lipinski definition) is 3. The van der Waals surface area contributed by atoms with Gasteiger partial charge in [-0.05, 0) is 25.8 Å². The van der Waals surface area contributed by atoms with Gasteiger partial charge in [0.15, 0.2) is 0 Å². The monoisotopic (exact) mass is 266 g/mol. The summed E-state index contributed by atoms with van der Waals surface area (Å²) in [5.41, 5.74) is 0. The number of carbonyl (C=O) groups is 1. The van der Waals surface area contributed by atoms with Gasteiger partial charge in [0.25, 0.3) is 0 Å². The van der Waals surface area contributed by atoms with Crippen molar-refractivity contribution >= 4 is 5.91 Å². The number of aromatic nitrogens is 2. The summed E-state index contributed by atoms with van der Waals surface area (Å²) in [6.45, 7) is 8.33. The molecule has 0 saturated carbocycles. The molecule has 2 N–H and O–H groups in total. The van der Waals surface area contributed by atoms with Gasteiger partial charge < -0.3 is 15.2 Å². The lowest BCUT2D eigenvalue weighted by Crippen LogP contribution is -2.36. The summed E-state index contributed by atoms with van der Waals surface area (Å²) in [4.78, 5) is 16.2. The molecule has 1 aromatic rings. The molecule has 0 saturated heterocycles. The maximum atomic E-state index is 11.9. The van der Waals surface area contributed by atoms with Crippen molar-refractivity contribution in [3.05, 3.63) is 18.2 Å². The van der Waals surface area contributed by atoms with Gasteiger partial charge >= 0.3 is 0 Å². The van der Waals surface area contributed by atoms with E-state index in [0.29, 0.717) is 13.1 Å². The number of hydrogen-bond donors (Lipinski definition) is 2. The third-order valence-corrected chi connectivity index (χ3v) is 3.18. The van der Waals surface area contributed by atoms with Crippen molar-refractivity contribution in [3.63, 3.8) is 0 Å². The molecule has 0 aliphatic carbocycles. The number of imidazole rings is 1. The van der Waals surface area contributed by atoms with Crippen molar-refractivity contribution in [1.29, 1.82) is 0 Å². The van der Waals surface area contributed by atoms with Crippen LogP contribution in [0.25, 0.3) is 0 Å². The number of nitrogens with one attached hydrogen (secondary N) is 2. The highest BCUT2D eigenvalue weighted by molar-refractivity contribution is 5.76. The Morgan fingerprint density at radius 2 is 2.11 bits per heavy atom. The van der Waals surface area contributed by atoms with Crippen molar-refractivity contribution in [2.45, 2.75) is 59.2 Å². The first-order chi connectivity index (χ1) is 9.21. The molecule has 1 aromatic heterocycles. The number of amides is 1. The zero-order valence-electron chi connectivity index (χ0n) is 12.3. The van der Waals surface area contributed by atoms with Crippen LogP contribution in [0.3, 0.4) is 0 Å². The van der Waals surface area contributed by atoms with Gasteiger partial charge in [-0.1, -0.05) is 20.8 Å². The van der Waals surface area contributed by atoms with E-state index in [1.165, 1.54) is 0 Å². The maximum absolute atomic E-state index is 11.9. The van der Waals surface area contributed by atoms with Gasteiger partial charge in [0, 0.05) is 18.4 Å². The highest BCUT2D eigenvalue weighted by Crippen LogP contribution is 2.00. The maximum Gasteiger partial charge on any atom is 0.240 e. The summed E-state index contributed by atoms with van der Waals surface area (Å²) in [6.07, 6.45) is 6.63. The summed E-state index contributed by atoms with van der Waals surface area (Å²) in [7, 11) is 0. The molecule has 5 nitrogen and oxygen atoms in total. The highest BCUT2D eigenvalue weighted by Gasteiger charge is 2.10. The van der Waals surface area contributed by atoms with E-state index in [1.54, 1.807) is 6.20 Å². The van der Waals surface area contributed by atoms with E-state index in [0.717, 1.165) is 31.6 Å². The lowest BCUT2D eigenvalue weighted by molar-refractivity contribution is -0.122. The SMILES string of the molecule is CCCNCc1nccn1CC(=O)NC(CC)CC. The van der Waals surface area contributed by atoms with Crippen LogP contribution in [-0.2, 0) is 17.9 Å². The summed E-state index contributed by atoms with van der Waals surface area (Å²) < 4.78 is 1.90. The third-order valence-electron chi connectivity index (χ3n) is 3.18. The van der Waals surface area contributed by atoms with E-state index >= 15 is 0 Å². The first kappa shape index (κ1) is 15.7. The molecule has 0 aliphatic rings. The van der Waals surface area contributed by atoms with E-state index in [2.05, 4.69) is 36.4 Å². The molecule has 108 valence electrons. The van der Waals surface area contributed by atoms with E-state index in [1.807, 2.05) is 10.8 Å². The average molecular weight is 266 g/mol. The van der Waals surface area contributed by atoms with Crippen molar-refractivity contribution in [1.82, 2.24) is 20.2 Å². The predicted octanol–water partition coefficient (Wildman–Crippen LogP) is 1.69. The second-order valence-electron chi connectivity index (χ2n) is 4.73. The molecular formula is C14H26N4O. The van der Waals surface area contributed by atoms with Crippen LogP contribution in [0.1, 0.15) is 45.9 Å². The van der Waals surface area contributed by atoms with Crippen molar-refractivity contribution in [3.8, 4) is 0 Å². The van der Waals surface area contributed by atoms with Crippen LogP contribution in [-0.4, -0.2) is 28.0 Å². The van der Waals surface area contributed by atoms with E-state index in [-0.39, 0.29) is 11.9 Å². The fourth-order valence-electron chi connectivity index (χ4n) is 1.95. The number of carbonyl (C=O) groups excluding carboxylic acids is 1. The standard InChI is InChI=1S/C14H26N4O/c1-4-7-15-10-13-16-8-9-18(13)11-14(19)17-12(5-2)6-3/h8-9,12,15H,4-7,10-11H2,1-3H3,(H,17,19). The summed E-state index contributed by atoms with van der Waals surface area (Å²) in [5, 5.41) is 6.34.